The monoisotopic (exact) mass is 577 g/mol. The van der Waals surface area contributed by atoms with Crippen molar-refractivity contribution in [2.24, 2.45) is 7.05 Å². The largest absolute Gasteiger partial charge is 0.508 e. The van der Waals surface area contributed by atoms with Crippen molar-refractivity contribution in [2.45, 2.75) is 20.4 Å². The molecule has 0 atom stereocenters. The summed E-state index contributed by atoms with van der Waals surface area (Å²) in [5.74, 6) is 1.02. The van der Waals surface area contributed by atoms with Crippen molar-refractivity contribution >= 4 is 22.6 Å². The molecule has 6 rings (SSSR count). The van der Waals surface area contributed by atoms with Gasteiger partial charge in [-0.2, -0.15) is 10.1 Å². The fraction of sp³-hybridized carbons (Fsp3) is 0.273. The number of benzene rings is 3. The Hall–Kier alpha value is -4.80. The molecule has 5 aromatic rings. The zero-order valence-corrected chi connectivity index (χ0v) is 24.8. The van der Waals surface area contributed by atoms with E-state index in [0.29, 0.717) is 39.6 Å². The molecule has 2 N–H and O–H groups in total. The van der Waals surface area contributed by atoms with Gasteiger partial charge in [-0.25, -0.2) is 4.98 Å². The van der Waals surface area contributed by atoms with Gasteiger partial charge in [-0.05, 0) is 74.0 Å². The second-order valence-corrected chi connectivity index (χ2v) is 11.2. The van der Waals surface area contributed by atoms with Crippen LogP contribution < -0.4 is 10.1 Å². The van der Waals surface area contributed by atoms with E-state index in [1.54, 1.807) is 42.2 Å². The molecule has 2 aromatic heterocycles. The molecule has 10 heteroatoms. The van der Waals surface area contributed by atoms with Gasteiger partial charge in [0.15, 0.2) is 11.5 Å². The Morgan fingerprint density at radius 1 is 0.953 bits per heavy atom. The molecule has 0 unspecified atom stereocenters. The number of fused-ring (bicyclic) bond motifs is 1. The molecular weight excluding hydrogens is 542 g/mol. The van der Waals surface area contributed by atoms with Crippen LogP contribution in [0.5, 0.6) is 17.4 Å². The maximum atomic E-state index is 13.4. The number of carbonyl (C=O) groups is 1. The molecule has 1 saturated heterocycles. The normalized spacial score (nSPS) is 14.2. The molecule has 3 aromatic carbocycles. The van der Waals surface area contributed by atoms with Crippen LogP contribution in [0.2, 0.25) is 0 Å². The van der Waals surface area contributed by atoms with Crippen molar-refractivity contribution < 1.29 is 14.6 Å². The lowest BCUT2D eigenvalue weighted by atomic mass is 10.1. The summed E-state index contributed by atoms with van der Waals surface area (Å²) in [6.45, 7) is 9.18. The molecule has 220 valence electrons. The number of piperazine rings is 1. The molecule has 0 radical (unpaired) electrons. The summed E-state index contributed by atoms with van der Waals surface area (Å²) in [6.07, 6.45) is 1.79. The first-order valence-electron chi connectivity index (χ1n) is 14.3. The molecule has 0 aliphatic carbocycles. The minimum atomic E-state index is -0.219. The van der Waals surface area contributed by atoms with Crippen molar-refractivity contribution in [3.05, 3.63) is 89.1 Å². The molecule has 10 nitrogen and oxygen atoms in total. The minimum Gasteiger partial charge on any atom is -0.508 e. The maximum Gasteiger partial charge on any atom is 0.256 e. The number of ether oxygens (including phenoxy) is 1. The maximum absolute atomic E-state index is 13.4. The Kier molecular flexibility index (Phi) is 7.79. The molecule has 1 aliphatic heterocycles. The predicted octanol–water partition coefficient (Wildman–Crippen LogP) is 5.14. The van der Waals surface area contributed by atoms with E-state index in [0.717, 1.165) is 49.5 Å². The zero-order chi connectivity index (χ0) is 30.1. The number of aryl methyl sites for hydroxylation is 3. The number of nitrogens with one attached hydrogen (secondary N) is 1. The lowest BCUT2D eigenvalue weighted by Crippen LogP contribution is -2.43. The number of amides is 1. The topological polar surface area (TPSA) is 109 Å². The van der Waals surface area contributed by atoms with Gasteiger partial charge in [0.1, 0.15) is 16.9 Å². The van der Waals surface area contributed by atoms with Crippen LogP contribution in [-0.4, -0.2) is 73.8 Å². The average Bonchev–Trinajstić information content (AvgIpc) is 3.37. The molecule has 1 aliphatic rings. The summed E-state index contributed by atoms with van der Waals surface area (Å²) in [5.41, 5.74) is 5.58. The second-order valence-electron chi connectivity index (χ2n) is 11.2. The second kappa shape index (κ2) is 11.8. The van der Waals surface area contributed by atoms with Crippen LogP contribution in [0.1, 0.15) is 27.0 Å². The number of aromatic nitrogens is 4. The number of hydrogen-bond acceptors (Lipinski definition) is 8. The minimum absolute atomic E-state index is 0.110. The fourth-order valence-electron chi connectivity index (χ4n) is 5.26. The van der Waals surface area contributed by atoms with Gasteiger partial charge >= 0.3 is 0 Å². The van der Waals surface area contributed by atoms with Crippen molar-refractivity contribution in [1.82, 2.24) is 29.5 Å². The Morgan fingerprint density at radius 3 is 2.53 bits per heavy atom. The Morgan fingerprint density at radius 2 is 1.77 bits per heavy atom. The summed E-state index contributed by atoms with van der Waals surface area (Å²) in [7, 11) is 3.96. The number of anilines is 1. The van der Waals surface area contributed by atoms with E-state index in [2.05, 4.69) is 50.2 Å². The number of nitrogens with zero attached hydrogens (tertiary/aromatic N) is 6. The van der Waals surface area contributed by atoms with Gasteiger partial charge in [-0.3, -0.25) is 14.4 Å². The fourth-order valence-corrected chi connectivity index (χ4v) is 5.26. The number of rotatable bonds is 7. The van der Waals surface area contributed by atoms with E-state index in [1.807, 2.05) is 37.3 Å². The van der Waals surface area contributed by atoms with Gasteiger partial charge in [0, 0.05) is 62.8 Å². The number of phenolic OH excluding ortho intramolecular Hbond substituents is 1. The average molecular weight is 578 g/mol. The van der Waals surface area contributed by atoms with E-state index >= 15 is 0 Å². The zero-order valence-electron chi connectivity index (χ0n) is 24.8. The highest BCUT2D eigenvalue weighted by Crippen LogP contribution is 2.31. The first kappa shape index (κ1) is 28.3. The van der Waals surface area contributed by atoms with Gasteiger partial charge in [0.2, 0.25) is 5.88 Å². The van der Waals surface area contributed by atoms with Gasteiger partial charge in [-0.15, -0.1) is 0 Å². The van der Waals surface area contributed by atoms with Crippen molar-refractivity contribution in [1.29, 1.82) is 0 Å². The first-order valence-corrected chi connectivity index (χ1v) is 14.3. The SMILES string of the molecule is Cc1cc(NC(=O)c2cc(Oc3nc(-c4cccc(O)c4)nc4nn(C)cc34)ccc2C)ccc1CN1CCN(C)CC1. The van der Waals surface area contributed by atoms with E-state index in [4.69, 9.17) is 4.74 Å². The third-order valence-electron chi connectivity index (χ3n) is 7.82. The molecule has 1 amide bonds. The smallest absolute Gasteiger partial charge is 0.256 e. The molecule has 0 spiro atoms. The van der Waals surface area contributed by atoms with Crippen LogP contribution in [0.3, 0.4) is 0 Å². The van der Waals surface area contributed by atoms with Crippen LogP contribution >= 0.6 is 0 Å². The van der Waals surface area contributed by atoms with Crippen molar-refractivity contribution in [2.75, 3.05) is 38.5 Å². The Labute approximate surface area is 250 Å². The quantitative estimate of drug-likeness (QED) is 0.274. The van der Waals surface area contributed by atoms with Gasteiger partial charge in [-0.1, -0.05) is 24.3 Å². The summed E-state index contributed by atoms with van der Waals surface area (Å²) in [4.78, 5) is 27.5. The molecule has 43 heavy (non-hydrogen) atoms. The lowest BCUT2D eigenvalue weighted by Gasteiger charge is -2.32. The molecule has 3 heterocycles. The highest BCUT2D eigenvalue weighted by molar-refractivity contribution is 6.05. The van der Waals surface area contributed by atoms with Crippen molar-refractivity contribution in [3.8, 4) is 28.8 Å². The van der Waals surface area contributed by atoms with Crippen LogP contribution in [0, 0.1) is 13.8 Å². The molecule has 0 saturated carbocycles. The van der Waals surface area contributed by atoms with Crippen LogP contribution in [-0.2, 0) is 13.6 Å². The molecule has 0 bridgehead atoms. The first-order chi connectivity index (χ1) is 20.7. The van der Waals surface area contributed by atoms with E-state index in [9.17, 15) is 9.90 Å². The molecular formula is C33H35N7O3. The number of hydrogen-bond donors (Lipinski definition) is 2. The highest BCUT2D eigenvalue weighted by atomic mass is 16.5. The van der Waals surface area contributed by atoms with E-state index in [-0.39, 0.29) is 11.7 Å². The number of phenols is 1. The third kappa shape index (κ3) is 6.35. The Balaban J connectivity index is 1.22. The molecule has 1 fully saturated rings. The number of likely N-dealkylation sites (N-methyl/N-ethyl adjacent to an activating group) is 1. The van der Waals surface area contributed by atoms with Crippen LogP contribution in [0.15, 0.2) is 66.9 Å². The number of carbonyl (C=O) groups excluding carboxylic acids is 1. The summed E-state index contributed by atoms with van der Waals surface area (Å²) in [5, 5.41) is 18.1. The lowest BCUT2D eigenvalue weighted by molar-refractivity contribution is 0.102. The van der Waals surface area contributed by atoms with Crippen LogP contribution in [0.25, 0.3) is 22.4 Å². The number of aromatic hydroxyl groups is 1. The highest BCUT2D eigenvalue weighted by Gasteiger charge is 2.18. The van der Waals surface area contributed by atoms with E-state index < -0.39 is 0 Å². The third-order valence-corrected chi connectivity index (χ3v) is 7.82. The van der Waals surface area contributed by atoms with Gasteiger partial charge < -0.3 is 20.1 Å². The predicted molar refractivity (Wildman–Crippen MR) is 167 cm³/mol. The van der Waals surface area contributed by atoms with Crippen molar-refractivity contribution in [3.63, 3.8) is 0 Å². The van der Waals surface area contributed by atoms with Crippen LogP contribution in [0.4, 0.5) is 5.69 Å². The van der Waals surface area contributed by atoms with Gasteiger partial charge in [0.05, 0.1) is 0 Å². The standard InChI is InChI=1S/C33H35N7O3/c1-21-8-11-27(43-33-29-20-39(4)37-31(29)35-30(36-33)23-6-5-7-26(41)17-23)18-28(21)32(42)34-25-10-9-24(22(2)16-25)19-40-14-12-38(3)13-15-40/h5-11,16-18,20,41H,12-15,19H2,1-4H3,(H,34,42). The summed E-state index contributed by atoms with van der Waals surface area (Å²) >= 11 is 0. The Bertz CT molecular complexity index is 1810. The summed E-state index contributed by atoms with van der Waals surface area (Å²) in [6, 6.07) is 18.2. The van der Waals surface area contributed by atoms with E-state index in [1.165, 1.54) is 5.56 Å². The van der Waals surface area contributed by atoms with Gasteiger partial charge in [0.25, 0.3) is 5.91 Å². The summed E-state index contributed by atoms with van der Waals surface area (Å²) < 4.78 is 7.90.